The van der Waals surface area contributed by atoms with Crippen LogP contribution in [0.4, 0.5) is 4.79 Å². The Hall–Kier alpha value is -1.24. The predicted octanol–water partition coefficient (Wildman–Crippen LogP) is 0.491. The number of carbonyl (C=O) groups is 3. The number of imide groups is 1. The molecule has 6 nitrogen and oxygen atoms in total. The zero-order valence-electron chi connectivity index (χ0n) is 10.2. The molecule has 1 saturated heterocycles. The fourth-order valence-electron chi connectivity index (χ4n) is 1.40. The van der Waals surface area contributed by atoms with E-state index in [1.165, 1.54) is 11.8 Å². The Morgan fingerprint density at radius 2 is 2.18 bits per heavy atom. The van der Waals surface area contributed by atoms with Crippen molar-refractivity contribution in [1.29, 1.82) is 0 Å². The second kappa shape index (κ2) is 5.39. The van der Waals surface area contributed by atoms with Gasteiger partial charge in [-0.3, -0.25) is 15.0 Å². The van der Waals surface area contributed by atoms with E-state index >= 15 is 0 Å². The van der Waals surface area contributed by atoms with E-state index in [0.717, 1.165) is 5.01 Å². The van der Waals surface area contributed by atoms with Crippen molar-refractivity contribution in [3.8, 4) is 0 Å². The minimum atomic E-state index is -0.913. The van der Waals surface area contributed by atoms with Gasteiger partial charge in [-0.1, -0.05) is 6.92 Å². The molecule has 17 heavy (non-hydrogen) atoms. The summed E-state index contributed by atoms with van der Waals surface area (Å²) in [6.07, 6.45) is 2.64. The van der Waals surface area contributed by atoms with E-state index in [1.54, 1.807) is 13.8 Å². The zero-order valence-corrected chi connectivity index (χ0v) is 11.0. The Balaban J connectivity index is 2.63. The van der Waals surface area contributed by atoms with Gasteiger partial charge in [-0.05, 0) is 19.6 Å². The van der Waals surface area contributed by atoms with Crippen LogP contribution in [-0.4, -0.2) is 40.4 Å². The Kier molecular flexibility index (Phi) is 4.39. The van der Waals surface area contributed by atoms with Crippen LogP contribution in [0.1, 0.15) is 26.7 Å². The number of hydrogen-bond acceptors (Lipinski definition) is 4. The Morgan fingerprint density at radius 3 is 2.65 bits per heavy atom. The average molecular weight is 259 g/mol. The zero-order chi connectivity index (χ0) is 13.1. The fraction of sp³-hybridized carbons (Fsp3) is 0.700. The number of thioether (sulfide) groups is 1. The SMILES string of the molecule is CCC1(C)NC(=O)N(NC(=O)CCSC)C1=O. The van der Waals surface area contributed by atoms with Gasteiger partial charge in [-0.15, -0.1) is 0 Å². The number of nitrogens with one attached hydrogen (secondary N) is 2. The van der Waals surface area contributed by atoms with Gasteiger partial charge in [-0.25, -0.2) is 4.79 Å². The molecule has 0 aromatic rings. The highest BCUT2D eigenvalue weighted by Crippen LogP contribution is 2.19. The summed E-state index contributed by atoms with van der Waals surface area (Å²) < 4.78 is 0. The Morgan fingerprint density at radius 1 is 1.53 bits per heavy atom. The molecule has 7 heteroatoms. The highest BCUT2D eigenvalue weighted by atomic mass is 32.2. The standard InChI is InChI=1S/C10H17N3O3S/c1-4-10(2)8(15)13(9(16)11-10)12-7(14)5-6-17-3/h4-6H2,1-3H3,(H,11,16)(H,12,14). The molecular weight excluding hydrogens is 242 g/mol. The smallest absolute Gasteiger partial charge is 0.322 e. The third kappa shape index (κ3) is 2.91. The second-order valence-electron chi connectivity index (χ2n) is 4.03. The lowest BCUT2D eigenvalue weighted by Crippen LogP contribution is -2.48. The largest absolute Gasteiger partial charge is 0.344 e. The minimum Gasteiger partial charge on any atom is -0.322 e. The summed E-state index contributed by atoms with van der Waals surface area (Å²) in [4.78, 5) is 34.9. The number of nitrogens with zero attached hydrogens (tertiary/aromatic N) is 1. The topological polar surface area (TPSA) is 78.5 Å². The average Bonchev–Trinajstić information content (AvgIpc) is 2.51. The number of carbonyl (C=O) groups excluding carboxylic acids is 3. The first-order valence-electron chi connectivity index (χ1n) is 5.39. The van der Waals surface area contributed by atoms with E-state index in [2.05, 4.69) is 10.7 Å². The molecule has 1 aliphatic heterocycles. The molecular formula is C10H17N3O3S. The summed E-state index contributed by atoms with van der Waals surface area (Å²) in [5.74, 6) is -0.0914. The molecule has 0 radical (unpaired) electrons. The third-order valence-corrected chi connectivity index (χ3v) is 3.35. The van der Waals surface area contributed by atoms with Crippen LogP contribution in [0.3, 0.4) is 0 Å². The van der Waals surface area contributed by atoms with Gasteiger partial charge in [0.15, 0.2) is 0 Å². The Bertz CT molecular complexity index is 348. The van der Waals surface area contributed by atoms with Crippen molar-refractivity contribution < 1.29 is 14.4 Å². The van der Waals surface area contributed by atoms with Crippen molar-refractivity contribution in [3.05, 3.63) is 0 Å². The van der Waals surface area contributed by atoms with Crippen molar-refractivity contribution >= 4 is 29.6 Å². The fourth-order valence-corrected chi connectivity index (χ4v) is 1.79. The summed E-state index contributed by atoms with van der Waals surface area (Å²) >= 11 is 1.53. The molecule has 2 N–H and O–H groups in total. The van der Waals surface area contributed by atoms with Gasteiger partial charge in [0.25, 0.3) is 5.91 Å². The number of hydrazine groups is 1. The van der Waals surface area contributed by atoms with Crippen LogP contribution in [0, 0.1) is 0 Å². The third-order valence-electron chi connectivity index (χ3n) is 2.74. The summed E-state index contributed by atoms with van der Waals surface area (Å²) in [6, 6.07) is -0.572. The predicted molar refractivity (Wildman–Crippen MR) is 65.2 cm³/mol. The number of urea groups is 1. The van der Waals surface area contributed by atoms with E-state index in [9.17, 15) is 14.4 Å². The monoisotopic (exact) mass is 259 g/mol. The van der Waals surface area contributed by atoms with E-state index < -0.39 is 17.5 Å². The molecule has 4 amide bonds. The van der Waals surface area contributed by atoms with Crippen LogP contribution in [0.2, 0.25) is 0 Å². The normalized spacial score (nSPS) is 23.8. The molecule has 1 atom stereocenters. The molecule has 1 unspecified atom stereocenters. The molecule has 0 aliphatic carbocycles. The maximum Gasteiger partial charge on any atom is 0.344 e. The second-order valence-corrected chi connectivity index (χ2v) is 5.02. The van der Waals surface area contributed by atoms with E-state index in [0.29, 0.717) is 12.2 Å². The van der Waals surface area contributed by atoms with Gasteiger partial charge in [-0.2, -0.15) is 16.8 Å². The molecule has 0 saturated carbocycles. The quantitative estimate of drug-likeness (QED) is 0.704. The van der Waals surface area contributed by atoms with Crippen LogP contribution in [0.25, 0.3) is 0 Å². The molecule has 96 valence electrons. The van der Waals surface area contributed by atoms with Crippen LogP contribution in [0.5, 0.6) is 0 Å². The van der Waals surface area contributed by atoms with Gasteiger partial charge >= 0.3 is 6.03 Å². The summed E-state index contributed by atoms with van der Waals surface area (Å²) in [5, 5.41) is 3.33. The Labute approximate surface area is 104 Å². The van der Waals surface area contributed by atoms with Crippen LogP contribution < -0.4 is 10.7 Å². The summed E-state index contributed by atoms with van der Waals surface area (Å²) in [6.45, 7) is 3.44. The van der Waals surface area contributed by atoms with Crippen molar-refractivity contribution in [2.24, 2.45) is 0 Å². The summed E-state index contributed by atoms with van der Waals surface area (Å²) in [7, 11) is 0. The van der Waals surface area contributed by atoms with Crippen molar-refractivity contribution in [2.75, 3.05) is 12.0 Å². The first kappa shape index (κ1) is 13.8. The van der Waals surface area contributed by atoms with Gasteiger partial charge in [0.2, 0.25) is 5.91 Å². The lowest BCUT2D eigenvalue weighted by Gasteiger charge is -2.19. The van der Waals surface area contributed by atoms with Crippen molar-refractivity contribution in [1.82, 2.24) is 15.8 Å². The van der Waals surface area contributed by atoms with Gasteiger partial charge in [0.05, 0.1) is 0 Å². The number of amides is 4. The number of rotatable bonds is 5. The lowest BCUT2D eigenvalue weighted by molar-refractivity contribution is -0.138. The maximum atomic E-state index is 11.9. The maximum absolute atomic E-state index is 11.9. The first-order valence-corrected chi connectivity index (χ1v) is 6.79. The van der Waals surface area contributed by atoms with Crippen LogP contribution in [0.15, 0.2) is 0 Å². The molecule has 1 rings (SSSR count). The number of hydrogen-bond donors (Lipinski definition) is 2. The lowest BCUT2D eigenvalue weighted by atomic mass is 10.00. The van der Waals surface area contributed by atoms with E-state index in [-0.39, 0.29) is 12.3 Å². The van der Waals surface area contributed by atoms with Gasteiger partial charge in [0, 0.05) is 12.2 Å². The summed E-state index contributed by atoms with van der Waals surface area (Å²) in [5.41, 5.74) is 1.41. The molecule has 0 aromatic carbocycles. The van der Waals surface area contributed by atoms with Crippen molar-refractivity contribution in [2.45, 2.75) is 32.2 Å². The van der Waals surface area contributed by atoms with Crippen LogP contribution >= 0.6 is 11.8 Å². The molecule has 0 aromatic heterocycles. The molecule has 0 spiro atoms. The highest BCUT2D eigenvalue weighted by molar-refractivity contribution is 7.98. The van der Waals surface area contributed by atoms with Crippen molar-refractivity contribution in [3.63, 3.8) is 0 Å². The van der Waals surface area contributed by atoms with Crippen LogP contribution in [-0.2, 0) is 9.59 Å². The van der Waals surface area contributed by atoms with E-state index in [4.69, 9.17) is 0 Å². The molecule has 1 aliphatic rings. The highest BCUT2D eigenvalue weighted by Gasteiger charge is 2.47. The first-order chi connectivity index (χ1) is 7.94. The minimum absolute atomic E-state index is 0.279. The van der Waals surface area contributed by atoms with Gasteiger partial charge < -0.3 is 5.32 Å². The molecule has 0 bridgehead atoms. The van der Waals surface area contributed by atoms with E-state index in [1.807, 2.05) is 6.26 Å². The molecule has 1 fully saturated rings. The molecule has 1 heterocycles. The van der Waals surface area contributed by atoms with Gasteiger partial charge in [0.1, 0.15) is 5.54 Å².